The van der Waals surface area contributed by atoms with E-state index in [0.717, 1.165) is 17.8 Å². The van der Waals surface area contributed by atoms with Gasteiger partial charge in [0.2, 0.25) is 0 Å². The molecule has 0 bridgehead atoms. The molecule has 0 radical (unpaired) electrons. The number of aromatic nitrogens is 2. The van der Waals surface area contributed by atoms with Gasteiger partial charge in [-0.25, -0.2) is 9.78 Å². The zero-order valence-corrected chi connectivity index (χ0v) is 18.4. The summed E-state index contributed by atoms with van der Waals surface area (Å²) in [6.45, 7) is 1.80. The fourth-order valence-electron chi connectivity index (χ4n) is 3.32. The van der Waals surface area contributed by atoms with Crippen molar-refractivity contribution in [1.82, 2.24) is 9.97 Å². The van der Waals surface area contributed by atoms with Gasteiger partial charge in [0.05, 0.1) is 23.4 Å². The topological polar surface area (TPSA) is 115 Å². The van der Waals surface area contributed by atoms with Crippen LogP contribution in [0.3, 0.4) is 0 Å². The molecule has 178 valence electrons. The lowest BCUT2D eigenvalue weighted by Gasteiger charge is -2.10. The number of aromatic carboxylic acids is 1. The number of nitrogens with two attached hydrogens (primary N) is 1. The highest BCUT2D eigenvalue weighted by atomic mass is 19.4. The van der Waals surface area contributed by atoms with Crippen molar-refractivity contribution in [3.8, 4) is 11.3 Å². The van der Waals surface area contributed by atoms with Gasteiger partial charge in [-0.05, 0) is 61.0 Å². The summed E-state index contributed by atoms with van der Waals surface area (Å²) >= 11 is 0. The number of nitrogen functional groups attached to an aromatic ring is 1. The predicted octanol–water partition coefficient (Wildman–Crippen LogP) is 5.86. The summed E-state index contributed by atoms with van der Waals surface area (Å²) < 4.78 is 46.9. The number of pyridine rings is 2. The van der Waals surface area contributed by atoms with E-state index < -0.39 is 17.7 Å². The standard InChI is InChI=1S/C25H19F3N4O3/c1-14(2-3-15-4-7-22(29)32-11-15)30-13-19-9-18-8-17(10-20(23(18)35-19)25(26,27)28)21-6-5-16(12-31-21)24(33)34/h2-12H,13H2,1H3,(H2,29,32)(H,33,34)/b3-2+,30-14?. The second-order valence-electron chi connectivity index (χ2n) is 7.70. The Morgan fingerprint density at radius 1 is 1.14 bits per heavy atom. The first-order valence-corrected chi connectivity index (χ1v) is 10.3. The summed E-state index contributed by atoms with van der Waals surface area (Å²) in [4.78, 5) is 23.4. The SMILES string of the molecule is CC(/C=C/c1ccc(N)nc1)=NCc1cc2cc(-c3ccc(C(=O)O)cn3)cc(C(F)(F)F)c2o1. The van der Waals surface area contributed by atoms with Crippen LogP contribution in [0.4, 0.5) is 19.0 Å². The number of fused-ring (bicyclic) bond motifs is 1. The molecule has 0 saturated carbocycles. The van der Waals surface area contributed by atoms with Crippen molar-refractivity contribution in [2.75, 3.05) is 5.73 Å². The molecule has 0 aliphatic rings. The van der Waals surface area contributed by atoms with E-state index in [-0.39, 0.29) is 40.1 Å². The molecular weight excluding hydrogens is 461 g/mol. The minimum absolute atomic E-state index is 0.0447. The number of carboxylic acid groups (broad SMARTS) is 1. The second-order valence-corrected chi connectivity index (χ2v) is 7.70. The molecule has 1 aromatic carbocycles. The second kappa shape index (κ2) is 9.41. The van der Waals surface area contributed by atoms with Gasteiger partial charge in [-0.15, -0.1) is 0 Å². The number of halogens is 3. The molecule has 10 heteroatoms. The number of benzene rings is 1. The van der Waals surface area contributed by atoms with E-state index in [1.54, 1.807) is 37.4 Å². The molecule has 0 atom stereocenters. The molecule has 35 heavy (non-hydrogen) atoms. The number of carbonyl (C=O) groups is 1. The number of hydrogen-bond donors (Lipinski definition) is 2. The number of nitrogens with zero attached hydrogens (tertiary/aromatic N) is 3. The first-order valence-electron chi connectivity index (χ1n) is 10.3. The molecule has 0 fully saturated rings. The van der Waals surface area contributed by atoms with Crippen molar-refractivity contribution in [2.45, 2.75) is 19.6 Å². The highest BCUT2D eigenvalue weighted by molar-refractivity contribution is 5.96. The summed E-state index contributed by atoms with van der Waals surface area (Å²) in [6, 6.07) is 10.1. The number of alkyl halides is 3. The van der Waals surface area contributed by atoms with E-state index in [4.69, 9.17) is 15.3 Å². The summed E-state index contributed by atoms with van der Waals surface area (Å²) in [5, 5.41) is 9.25. The lowest BCUT2D eigenvalue weighted by atomic mass is 10.0. The molecule has 0 aliphatic heterocycles. The predicted molar refractivity (Wildman–Crippen MR) is 126 cm³/mol. The number of allylic oxidation sites excluding steroid dienone is 1. The van der Waals surface area contributed by atoms with Crippen LogP contribution in [0.2, 0.25) is 0 Å². The fourth-order valence-corrected chi connectivity index (χ4v) is 3.32. The van der Waals surface area contributed by atoms with Gasteiger partial charge in [0.25, 0.3) is 0 Å². The smallest absolute Gasteiger partial charge is 0.420 e. The van der Waals surface area contributed by atoms with Crippen molar-refractivity contribution in [2.24, 2.45) is 4.99 Å². The van der Waals surface area contributed by atoms with E-state index in [1.165, 1.54) is 24.3 Å². The van der Waals surface area contributed by atoms with Gasteiger partial charge in [-0.1, -0.05) is 6.08 Å². The Balaban J connectivity index is 1.63. The maximum atomic E-state index is 13.8. The molecule has 7 nitrogen and oxygen atoms in total. The first-order chi connectivity index (χ1) is 16.6. The number of rotatable bonds is 6. The molecule has 3 heterocycles. The van der Waals surface area contributed by atoms with E-state index in [1.807, 2.05) is 0 Å². The van der Waals surface area contributed by atoms with Crippen LogP contribution in [-0.4, -0.2) is 26.8 Å². The van der Waals surface area contributed by atoms with Gasteiger partial charge in [-0.3, -0.25) is 9.98 Å². The number of carboxylic acids is 1. The molecule has 3 N–H and O–H groups in total. The quantitative estimate of drug-likeness (QED) is 0.334. The number of aliphatic imine (C=N–C) groups is 1. The molecule has 4 rings (SSSR count). The number of furan rings is 1. The average molecular weight is 480 g/mol. The van der Waals surface area contributed by atoms with Crippen LogP contribution in [0.1, 0.15) is 34.2 Å². The molecule has 4 aromatic rings. The van der Waals surface area contributed by atoms with Crippen molar-refractivity contribution < 1.29 is 27.5 Å². The minimum Gasteiger partial charge on any atom is -0.478 e. The molecule has 3 aromatic heterocycles. The van der Waals surface area contributed by atoms with Crippen LogP contribution in [0.15, 0.2) is 70.3 Å². The molecular formula is C25H19F3N4O3. The monoisotopic (exact) mass is 480 g/mol. The van der Waals surface area contributed by atoms with Gasteiger partial charge < -0.3 is 15.3 Å². The van der Waals surface area contributed by atoms with Crippen LogP contribution in [0.25, 0.3) is 28.3 Å². The Labute approximate surface area is 197 Å². The normalized spacial score (nSPS) is 12.5. The highest BCUT2D eigenvalue weighted by Gasteiger charge is 2.35. The van der Waals surface area contributed by atoms with E-state index >= 15 is 0 Å². The summed E-state index contributed by atoms with van der Waals surface area (Å²) in [5.74, 6) is -0.503. The van der Waals surface area contributed by atoms with E-state index in [2.05, 4.69) is 15.0 Å². The van der Waals surface area contributed by atoms with Gasteiger partial charge in [-0.2, -0.15) is 13.2 Å². The third-order valence-electron chi connectivity index (χ3n) is 5.09. The Morgan fingerprint density at radius 2 is 1.94 bits per heavy atom. The van der Waals surface area contributed by atoms with Gasteiger partial charge in [0.1, 0.15) is 17.2 Å². The molecule has 0 spiro atoms. The first kappa shape index (κ1) is 23.7. The summed E-state index contributed by atoms with van der Waals surface area (Å²) in [6.07, 6.45) is 1.58. The molecule has 0 unspecified atom stereocenters. The lowest BCUT2D eigenvalue weighted by molar-refractivity contribution is -0.136. The largest absolute Gasteiger partial charge is 0.478 e. The van der Waals surface area contributed by atoms with Crippen LogP contribution in [-0.2, 0) is 12.7 Å². The lowest BCUT2D eigenvalue weighted by Crippen LogP contribution is -2.06. The number of hydrogen-bond acceptors (Lipinski definition) is 6. The van der Waals surface area contributed by atoms with E-state index in [9.17, 15) is 18.0 Å². The maximum absolute atomic E-state index is 13.8. The average Bonchev–Trinajstić information content (AvgIpc) is 3.24. The van der Waals surface area contributed by atoms with Crippen LogP contribution < -0.4 is 5.73 Å². The molecule has 0 saturated heterocycles. The van der Waals surface area contributed by atoms with Gasteiger partial charge in [0.15, 0.2) is 0 Å². The van der Waals surface area contributed by atoms with Crippen LogP contribution >= 0.6 is 0 Å². The highest BCUT2D eigenvalue weighted by Crippen LogP contribution is 2.39. The fraction of sp³-hybridized carbons (Fsp3) is 0.120. The molecule has 0 aliphatic carbocycles. The van der Waals surface area contributed by atoms with Crippen molar-refractivity contribution in [3.63, 3.8) is 0 Å². The van der Waals surface area contributed by atoms with Crippen LogP contribution in [0, 0.1) is 0 Å². The van der Waals surface area contributed by atoms with Crippen molar-refractivity contribution in [1.29, 1.82) is 0 Å². The Bertz CT molecular complexity index is 1440. The number of anilines is 1. The third-order valence-corrected chi connectivity index (χ3v) is 5.09. The summed E-state index contributed by atoms with van der Waals surface area (Å²) in [7, 11) is 0. The van der Waals surface area contributed by atoms with Crippen molar-refractivity contribution >= 4 is 34.5 Å². The zero-order valence-electron chi connectivity index (χ0n) is 18.4. The molecule has 0 amide bonds. The zero-order chi connectivity index (χ0) is 25.2. The van der Waals surface area contributed by atoms with Crippen LogP contribution in [0.5, 0.6) is 0 Å². The Morgan fingerprint density at radius 3 is 2.57 bits per heavy atom. The van der Waals surface area contributed by atoms with Crippen molar-refractivity contribution in [3.05, 3.63) is 83.4 Å². The van der Waals surface area contributed by atoms with E-state index in [0.29, 0.717) is 11.5 Å². The maximum Gasteiger partial charge on any atom is 0.420 e. The third kappa shape index (κ3) is 5.55. The minimum atomic E-state index is -4.67. The van der Waals surface area contributed by atoms with Gasteiger partial charge in [0, 0.05) is 29.1 Å². The Kier molecular flexibility index (Phi) is 6.37. The summed E-state index contributed by atoms with van der Waals surface area (Å²) in [5.41, 5.74) is 6.11. The Hall–Kier alpha value is -4.47. The van der Waals surface area contributed by atoms with Gasteiger partial charge >= 0.3 is 12.1 Å².